The Labute approximate surface area is 163 Å². The van der Waals surface area contributed by atoms with Crippen molar-refractivity contribution in [3.05, 3.63) is 70.7 Å². The number of nitrogens with one attached hydrogen (secondary N) is 3. The third-order valence-electron chi connectivity index (χ3n) is 4.24. The summed E-state index contributed by atoms with van der Waals surface area (Å²) in [5.74, 6) is -1.52. The largest absolute Gasteiger partial charge is 0.340 e. The Hall–Kier alpha value is -2.86. The topological polar surface area (TPSA) is 87.3 Å². The standard InChI is InChI=1S/C20H22ClN3O3/c1-3-13(2)17(22-18(25)14-9-5-4-6-10-14)20(27)24-23-19(26)15-11-7-8-12-16(15)21/h4-13,17H,3H2,1-2H3,(H,22,25)(H,23,26)(H,24,27)/t13-,17-/m0/s1. The number of hydrazine groups is 1. The van der Waals surface area contributed by atoms with Crippen molar-refractivity contribution < 1.29 is 14.4 Å². The van der Waals surface area contributed by atoms with Gasteiger partial charge >= 0.3 is 0 Å². The molecule has 2 rings (SSSR count). The Morgan fingerprint density at radius 1 is 0.926 bits per heavy atom. The third kappa shape index (κ3) is 5.56. The Bertz CT molecular complexity index is 811. The molecule has 27 heavy (non-hydrogen) atoms. The highest BCUT2D eigenvalue weighted by molar-refractivity contribution is 6.33. The predicted molar refractivity (Wildman–Crippen MR) is 104 cm³/mol. The quantitative estimate of drug-likeness (QED) is 0.666. The molecule has 7 heteroatoms. The van der Waals surface area contributed by atoms with Gasteiger partial charge in [0.1, 0.15) is 6.04 Å². The molecule has 2 aromatic carbocycles. The maximum Gasteiger partial charge on any atom is 0.271 e. The molecule has 142 valence electrons. The average Bonchev–Trinajstić information content (AvgIpc) is 2.70. The van der Waals surface area contributed by atoms with E-state index in [1.54, 1.807) is 54.6 Å². The van der Waals surface area contributed by atoms with E-state index in [2.05, 4.69) is 16.2 Å². The first-order valence-corrected chi connectivity index (χ1v) is 9.02. The molecule has 6 nitrogen and oxygen atoms in total. The maximum absolute atomic E-state index is 12.6. The summed E-state index contributed by atoms with van der Waals surface area (Å²) in [6, 6.07) is 14.3. The van der Waals surface area contributed by atoms with Crippen LogP contribution in [0.1, 0.15) is 41.0 Å². The summed E-state index contributed by atoms with van der Waals surface area (Å²) in [6.07, 6.45) is 0.672. The summed E-state index contributed by atoms with van der Waals surface area (Å²) < 4.78 is 0. The van der Waals surface area contributed by atoms with Gasteiger partial charge in [-0.15, -0.1) is 0 Å². The molecule has 0 heterocycles. The summed E-state index contributed by atoms with van der Waals surface area (Å²) >= 11 is 5.98. The van der Waals surface area contributed by atoms with E-state index >= 15 is 0 Å². The van der Waals surface area contributed by atoms with Crippen molar-refractivity contribution in [2.45, 2.75) is 26.3 Å². The van der Waals surface area contributed by atoms with Gasteiger partial charge in [-0.3, -0.25) is 25.2 Å². The van der Waals surface area contributed by atoms with Crippen molar-refractivity contribution in [3.8, 4) is 0 Å². The fourth-order valence-electron chi connectivity index (χ4n) is 2.42. The van der Waals surface area contributed by atoms with E-state index < -0.39 is 17.9 Å². The van der Waals surface area contributed by atoms with Crippen LogP contribution >= 0.6 is 11.6 Å². The Morgan fingerprint density at radius 2 is 1.56 bits per heavy atom. The number of rotatable bonds is 6. The molecule has 0 saturated carbocycles. The molecule has 3 N–H and O–H groups in total. The molecule has 3 amide bonds. The molecule has 0 unspecified atom stereocenters. The van der Waals surface area contributed by atoms with Gasteiger partial charge in [0.25, 0.3) is 17.7 Å². The number of hydrogen-bond donors (Lipinski definition) is 3. The van der Waals surface area contributed by atoms with Crippen LogP contribution in [0.15, 0.2) is 54.6 Å². The Morgan fingerprint density at radius 3 is 2.19 bits per heavy atom. The van der Waals surface area contributed by atoms with Crippen LogP contribution in [0.25, 0.3) is 0 Å². The second-order valence-electron chi connectivity index (χ2n) is 6.13. The highest BCUT2D eigenvalue weighted by atomic mass is 35.5. The molecular weight excluding hydrogens is 366 g/mol. The van der Waals surface area contributed by atoms with Crippen molar-refractivity contribution in [3.63, 3.8) is 0 Å². The molecule has 0 aliphatic rings. The molecule has 0 fully saturated rings. The molecule has 2 atom stereocenters. The number of hydrogen-bond acceptors (Lipinski definition) is 3. The lowest BCUT2D eigenvalue weighted by Gasteiger charge is -2.23. The van der Waals surface area contributed by atoms with E-state index in [4.69, 9.17) is 11.6 Å². The van der Waals surface area contributed by atoms with Gasteiger partial charge < -0.3 is 5.32 Å². The van der Waals surface area contributed by atoms with Crippen LogP contribution in [0.2, 0.25) is 5.02 Å². The van der Waals surface area contributed by atoms with Gasteiger partial charge in [0.2, 0.25) is 0 Å². The molecule has 0 spiro atoms. The number of halogens is 1. The number of amides is 3. The molecule has 2 aromatic rings. The normalized spacial score (nSPS) is 12.6. The van der Waals surface area contributed by atoms with Crippen LogP contribution in [0.4, 0.5) is 0 Å². The van der Waals surface area contributed by atoms with Crippen molar-refractivity contribution in [2.75, 3.05) is 0 Å². The van der Waals surface area contributed by atoms with Crippen molar-refractivity contribution in [1.82, 2.24) is 16.2 Å². The van der Waals surface area contributed by atoms with E-state index in [1.807, 2.05) is 13.8 Å². The van der Waals surface area contributed by atoms with Crippen molar-refractivity contribution in [1.29, 1.82) is 0 Å². The second kappa shape index (κ2) is 9.73. The first-order valence-electron chi connectivity index (χ1n) is 8.64. The Kier molecular flexibility index (Phi) is 7.37. The summed E-state index contributed by atoms with van der Waals surface area (Å²) in [4.78, 5) is 37.1. The van der Waals surface area contributed by atoms with Gasteiger partial charge in [0.15, 0.2) is 0 Å². The minimum Gasteiger partial charge on any atom is -0.340 e. The minimum atomic E-state index is -0.797. The van der Waals surface area contributed by atoms with Crippen molar-refractivity contribution in [2.24, 2.45) is 5.92 Å². The van der Waals surface area contributed by atoms with Gasteiger partial charge in [-0.1, -0.05) is 62.2 Å². The zero-order valence-corrected chi connectivity index (χ0v) is 15.9. The third-order valence-corrected chi connectivity index (χ3v) is 4.57. The maximum atomic E-state index is 12.6. The van der Waals surface area contributed by atoms with E-state index in [1.165, 1.54) is 0 Å². The van der Waals surface area contributed by atoms with Crippen LogP contribution in [0.3, 0.4) is 0 Å². The highest BCUT2D eigenvalue weighted by Crippen LogP contribution is 2.14. The van der Waals surface area contributed by atoms with Crippen LogP contribution < -0.4 is 16.2 Å². The lowest BCUT2D eigenvalue weighted by molar-refractivity contribution is -0.124. The Balaban J connectivity index is 2.03. The lowest BCUT2D eigenvalue weighted by Crippen LogP contribution is -2.54. The highest BCUT2D eigenvalue weighted by Gasteiger charge is 2.26. The summed E-state index contributed by atoms with van der Waals surface area (Å²) in [5.41, 5.74) is 5.41. The molecule has 0 saturated heterocycles. The first-order chi connectivity index (χ1) is 12.9. The fraction of sp³-hybridized carbons (Fsp3) is 0.250. The summed E-state index contributed by atoms with van der Waals surface area (Å²) in [7, 11) is 0. The molecule has 0 bridgehead atoms. The first kappa shape index (κ1) is 20.5. The van der Waals surface area contributed by atoms with Crippen LogP contribution in [-0.4, -0.2) is 23.8 Å². The van der Waals surface area contributed by atoms with Gasteiger partial charge in [-0.25, -0.2) is 0 Å². The summed E-state index contributed by atoms with van der Waals surface area (Å²) in [6.45, 7) is 3.77. The van der Waals surface area contributed by atoms with Crippen LogP contribution in [0, 0.1) is 5.92 Å². The van der Waals surface area contributed by atoms with E-state index in [-0.39, 0.29) is 22.4 Å². The van der Waals surface area contributed by atoms with Gasteiger partial charge in [-0.2, -0.15) is 0 Å². The predicted octanol–water partition coefficient (Wildman–Crippen LogP) is 2.95. The zero-order chi connectivity index (χ0) is 19.8. The number of carbonyl (C=O) groups is 3. The minimum absolute atomic E-state index is 0.130. The molecule has 0 aromatic heterocycles. The molecule has 0 radical (unpaired) electrons. The molecular formula is C20H22ClN3O3. The van der Waals surface area contributed by atoms with Crippen molar-refractivity contribution >= 4 is 29.3 Å². The van der Waals surface area contributed by atoms with E-state index in [0.717, 1.165) is 0 Å². The van der Waals surface area contributed by atoms with E-state index in [0.29, 0.717) is 12.0 Å². The molecule has 0 aliphatic heterocycles. The monoisotopic (exact) mass is 387 g/mol. The van der Waals surface area contributed by atoms with Gasteiger partial charge in [0, 0.05) is 5.56 Å². The van der Waals surface area contributed by atoms with Gasteiger partial charge in [0.05, 0.1) is 10.6 Å². The number of benzene rings is 2. The average molecular weight is 388 g/mol. The number of carbonyl (C=O) groups excluding carboxylic acids is 3. The fourth-order valence-corrected chi connectivity index (χ4v) is 2.65. The lowest BCUT2D eigenvalue weighted by atomic mass is 9.98. The zero-order valence-electron chi connectivity index (χ0n) is 15.2. The van der Waals surface area contributed by atoms with Crippen LogP contribution in [0.5, 0.6) is 0 Å². The second-order valence-corrected chi connectivity index (χ2v) is 6.53. The summed E-state index contributed by atoms with van der Waals surface area (Å²) in [5, 5.41) is 3.01. The SMILES string of the molecule is CC[C@H](C)[C@H](NC(=O)c1ccccc1)C(=O)NNC(=O)c1ccccc1Cl. The van der Waals surface area contributed by atoms with Crippen LogP contribution in [-0.2, 0) is 4.79 Å². The van der Waals surface area contributed by atoms with Gasteiger partial charge in [-0.05, 0) is 30.2 Å². The molecule has 0 aliphatic carbocycles. The van der Waals surface area contributed by atoms with E-state index in [9.17, 15) is 14.4 Å². The smallest absolute Gasteiger partial charge is 0.271 e.